The molecule has 1 aromatic carbocycles. The summed E-state index contributed by atoms with van der Waals surface area (Å²) in [4.78, 5) is 8.15. The summed E-state index contributed by atoms with van der Waals surface area (Å²) < 4.78 is 5.60. The van der Waals surface area contributed by atoms with Gasteiger partial charge in [0.25, 0.3) is 0 Å². The van der Waals surface area contributed by atoms with Crippen LogP contribution in [0, 0.1) is 5.92 Å². The SMILES string of the molecule is CCOC1CC(Cc2nc3ccc(CC)cc3[nH]2)C1. The van der Waals surface area contributed by atoms with Crippen LogP contribution >= 0.6 is 0 Å². The Bertz CT molecular complexity index is 555. The van der Waals surface area contributed by atoms with Gasteiger partial charge in [-0.15, -0.1) is 0 Å². The number of nitrogens with one attached hydrogen (secondary N) is 1. The fraction of sp³-hybridized carbons (Fsp3) is 0.562. The first kappa shape index (κ1) is 12.7. The molecule has 0 radical (unpaired) electrons. The highest BCUT2D eigenvalue weighted by Crippen LogP contribution is 2.32. The van der Waals surface area contributed by atoms with Crippen molar-refractivity contribution in [1.29, 1.82) is 0 Å². The zero-order chi connectivity index (χ0) is 13.2. The van der Waals surface area contributed by atoms with Crippen molar-refractivity contribution in [1.82, 2.24) is 9.97 Å². The van der Waals surface area contributed by atoms with Gasteiger partial charge in [0.1, 0.15) is 5.82 Å². The smallest absolute Gasteiger partial charge is 0.107 e. The second kappa shape index (κ2) is 5.33. The standard InChI is InChI=1S/C16H22N2O/c1-3-11-5-6-14-15(9-11)18-16(17-14)10-12-7-13(8-12)19-4-2/h5-6,9,12-13H,3-4,7-8,10H2,1-2H3,(H,17,18). The molecule has 0 unspecified atom stereocenters. The van der Waals surface area contributed by atoms with Crippen LogP contribution in [0.4, 0.5) is 0 Å². The molecule has 0 bridgehead atoms. The summed E-state index contributed by atoms with van der Waals surface area (Å²) in [7, 11) is 0. The van der Waals surface area contributed by atoms with E-state index in [0.29, 0.717) is 6.10 Å². The van der Waals surface area contributed by atoms with E-state index >= 15 is 0 Å². The lowest BCUT2D eigenvalue weighted by Crippen LogP contribution is -2.32. The van der Waals surface area contributed by atoms with Gasteiger partial charge < -0.3 is 9.72 Å². The molecule has 1 aliphatic carbocycles. The molecule has 3 heteroatoms. The molecule has 1 aliphatic rings. The number of rotatable bonds is 5. The predicted octanol–water partition coefficient (Wildman–Crippen LogP) is 3.48. The van der Waals surface area contributed by atoms with Crippen molar-refractivity contribution in [2.45, 2.75) is 45.6 Å². The van der Waals surface area contributed by atoms with Crippen LogP contribution in [-0.2, 0) is 17.6 Å². The Balaban J connectivity index is 1.66. The lowest BCUT2D eigenvalue weighted by Gasteiger charge is -2.34. The van der Waals surface area contributed by atoms with Gasteiger partial charge in [0, 0.05) is 13.0 Å². The number of imidazole rings is 1. The van der Waals surface area contributed by atoms with Crippen molar-refractivity contribution in [2.24, 2.45) is 5.92 Å². The Labute approximate surface area is 114 Å². The molecule has 0 amide bonds. The number of benzene rings is 1. The quantitative estimate of drug-likeness (QED) is 0.891. The van der Waals surface area contributed by atoms with E-state index in [2.05, 4.69) is 42.0 Å². The van der Waals surface area contributed by atoms with Gasteiger partial charge in [-0.05, 0) is 49.8 Å². The Morgan fingerprint density at radius 2 is 2.16 bits per heavy atom. The third-order valence-electron chi connectivity index (χ3n) is 4.08. The largest absolute Gasteiger partial charge is 0.378 e. The van der Waals surface area contributed by atoms with Gasteiger partial charge in [0.2, 0.25) is 0 Å². The number of H-pyrrole nitrogens is 1. The number of hydrogen-bond acceptors (Lipinski definition) is 2. The predicted molar refractivity (Wildman–Crippen MR) is 77.3 cm³/mol. The van der Waals surface area contributed by atoms with E-state index in [1.54, 1.807) is 0 Å². The molecule has 0 atom stereocenters. The van der Waals surface area contributed by atoms with Crippen LogP contribution in [0.5, 0.6) is 0 Å². The Kier molecular flexibility index (Phi) is 3.56. The van der Waals surface area contributed by atoms with Gasteiger partial charge in [0.15, 0.2) is 0 Å². The number of aromatic amines is 1. The summed E-state index contributed by atoms with van der Waals surface area (Å²) in [6, 6.07) is 6.51. The molecule has 1 aromatic heterocycles. The number of nitrogens with zero attached hydrogens (tertiary/aromatic N) is 1. The second-order valence-electron chi connectivity index (χ2n) is 5.51. The molecular weight excluding hydrogens is 236 g/mol. The first-order valence-electron chi connectivity index (χ1n) is 7.37. The van der Waals surface area contributed by atoms with E-state index in [1.807, 2.05) is 0 Å². The van der Waals surface area contributed by atoms with Crippen LogP contribution in [0.25, 0.3) is 11.0 Å². The minimum Gasteiger partial charge on any atom is -0.378 e. The van der Waals surface area contributed by atoms with Crippen molar-refractivity contribution in [2.75, 3.05) is 6.61 Å². The van der Waals surface area contributed by atoms with Crippen LogP contribution in [0.3, 0.4) is 0 Å². The topological polar surface area (TPSA) is 37.9 Å². The lowest BCUT2D eigenvalue weighted by molar-refractivity contribution is -0.0244. The maximum absolute atomic E-state index is 5.60. The highest BCUT2D eigenvalue weighted by molar-refractivity contribution is 5.75. The average Bonchev–Trinajstić information content (AvgIpc) is 2.77. The Morgan fingerprint density at radius 1 is 1.32 bits per heavy atom. The van der Waals surface area contributed by atoms with E-state index in [-0.39, 0.29) is 0 Å². The molecular formula is C16H22N2O. The van der Waals surface area contributed by atoms with Crippen molar-refractivity contribution < 1.29 is 4.74 Å². The third kappa shape index (κ3) is 2.66. The van der Waals surface area contributed by atoms with Gasteiger partial charge in [0.05, 0.1) is 17.1 Å². The Morgan fingerprint density at radius 3 is 2.89 bits per heavy atom. The van der Waals surface area contributed by atoms with Gasteiger partial charge in [-0.2, -0.15) is 0 Å². The van der Waals surface area contributed by atoms with Crippen LogP contribution in [-0.4, -0.2) is 22.7 Å². The molecule has 0 saturated heterocycles. The normalized spacial score (nSPS) is 22.6. The minimum atomic E-state index is 0.492. The summed E-state index contributed by atoms with van der Waals surface area (Å²) >= 11 is 0. The molecule has 2 aromatic rings. The summed E-state index contributed by atoms with van der Waals surface area (Å²) in [6.45, 7) is 5.08. The number of fused-ring (bicyclic) bond motifs is 1. The molecule has 102 valence electrons. The van der Waals surface area contributed by atoms with Crippen LogP contribution in [0.1, 0.15) is 38.1 Å². The third-order valence-corrected chi connectivity index (χ3v) is 4.08. The minimum absolute atomic E-state index is 0.492. The number of aryl methyl sites for hydroxylation is 1. The summed E-state index contributed by atoms with van der Waals surface area (Å²) in [5.74, 6) is 1.87. The zero-order valence-electron chi connectivity index (χ0n) is 11.8. The molecule has 3 rings (SSSR count). The summed E-state index contributed by atoms with van der Waals surface area (Å²) in [5.41, 5.74) is 3.63. The highest BCUT2D eigenvalue weighted by Gasteiger charge is 2.30. The molecule has 3 nitrogen and oxygen atoms in total. The van der Waals surface area contributed by atoms with Crippen LogP contribution in [0.2, 0.25) is 0 Å². The van der Waals surface area contributed by atoms with E-state index in [0.717, 1.165) is 36.7 Å². The monoisotopic (exact) mass is 258 g/mol. The van der Waals surface area contributed by atoms with Crippen molar-refractivity contribution in [3.05, 3.63) is 29.6 Å². The van der Waals surface area contributed by atoms with E-state index in [4.69, 9.17) is 4.74 Å². The Hall–Kier alpha value is -1.35. The second-order valence-corrected chi connectivity index (χ2v) is 5.51. The van der Waals surface area contributed by atoms with Crippen molar-refractivity contribution >= 4 is 11.0 Å². The highest BCUT2D eigenvalue weighted by atomic mass is 16.5. The molecule has 1 heterocycles. The number of ether oxygens (including phenoxy) is 1. The molecule has 1 saturated carbocycles. The number of hydrogen-bond donors (Lipinski definition) is 1. The van der Waals surface area contributed by atoms with Gasteiger partial charge in [-0.25, -0.2) is 4.98 Å². The molecule has 19 heavy (non-hydrogen) atoms. The van der Waals surface area contributed by atoms with E-state index < -0.39 is 0 Å². The van der Waals surface area contributed by atoms with Crippen LogP contribution < -0.4 is 0 Å². The van der Waals surface area contributed by atoms with Gasteiger partial charge >= 0.3 is 0 Å². The van der Waals surface area contributed by atoms with Crippen molar-refractivity contribution in [3.63, 3.8) is 0 Å². The maximum atomic E-state index is 5.60. The van der Waals surface area contributed by atoms with Crippen molar-refractivity contribution in [3.8, 4) is 0 Å². The zero-order valence-corrected chi connectivity index (χ0v) is 11.8. The average molecular weight is 258 g/mol. The summed E-state index contributed by atoms with van der Waals surface area (Å²) in [6.07, 6.45) is 4.99. The summed E-state index contributed by atoms with van der Waals surface area (Å²) in [5, 5.41) is 0. The van der Waals surface area contributed by atoms with Gasteiger partial charge in [-0.1, -0.05) is 13.0 Å². The molecule has 1 N–H and O–H groups in total. The van der Waals surface area contributed by atoms with E-state index in [1.165, 1.54) is 23.9 Å². The first-order valence-corrected chi connectivity index (χ1v) is 7.37. The van der Waals surface area contributed by atoms with Gasteiger partial charge in [-0.3, -0.25) is 0 Å². The molecule has 1 fully saturated rings. The first-order chi connectivity index (χ1) is 9.28. The molecule has 0 aliphatic heterocycles. The number of aromatic nitrogens is 2. The maximum Gasteiger partial charge on any atom is 0.107 e. The van der Waals surface area contributed by atoms with Crippen LogP contribution in [0.15, 0.2) is 18.2 Å². The molecule has 0 spiro atoms. The fourth-order valence-corrected chi connectivity index (χ4v) is 2.91. The fourth-order valence-electron chi connectivity index (χ4n) is 2.91. The lowest BCUT2D eigenvalue weighted by atomic mass is 9.80. The van der Waals surface area contributed by atoms with E-state index in [9.17, 15) is 0 Å².